The SMILES string of the molecule is CC(C)(C)OC(=O)N1CCN(CCC(=O)Nc2sc3c(c2C#N)CCCCC3)CC1. The minimum Gasteiger partial charge on any atom is -0.444 e. The molecule has 0 bridgehead atoms. The highest BCUT2D eigenvalue weighted by Gasteiger charge is 2.26. The number of hydrogen-bond donors (Lipinski definition) is 1. The van der Waals surface area contributed by atoms with Crippen LogP contribution in [-0.4, -0.2) is 60.1 Å². The Morgan fingerprint density at radius 2 is 1.83 bits per heavy atom. The zero-order chi connectivity index (χ0) is 21.7. The first kappa shape index (κ1) is 22.6. The minimum atomic E-state index is -0.491. The van der Waals surface area contributed by atoms with E-state index in [1.54, 1.807) is 16.2 Å². The molecule has 3 rings (SSSR count). The molecule has 2 heterocycles. The van der Waals surface area contributed by atoms with Gasteiger partial charge in [-0.15, -0.1) is 11.3 Å². The van der Waals surface area contributed by atoms with Gasteiger partial charge in [0.15, 0.2) is 0 Å². The highest BCUT2D eigenvalue weighted by molar-refractivity contribution is 7.16. The van der Waals surface area contributed by atoms with E-state index >= 15 is 0 Å². The molecule has 1 aromatic heterocycles. The van der Waals surface area contributed by atoms with Gasteiger partial charge in [-0.25, -0.2) is 4.79 Å². The fourth-order valence-electron chi connectivity index (χ4n) is 3.88. The van der Waals surface area contributed by atoms with Crippen LogP contribution in [0.4, 0.5) is 9.80 Å². The van der Waals surface area contributed by atoms with Crippen molar-refractivity contribution in [3.8, 4) is 6.07 Å². The first-order valence-electron chi connectivity index (χ1n) is 10.8. The Labute approximate surface area is 183 Å². The van der Waals surface area contributed by atoms with E-state index in [9.17, 15) is 14.9 Å². The first-order valence-corrected chi connectivity index (χ1v) is 11.6. The zero-order valence-corrected chi connectivity index (χ0v) is 19.1. The summed E-state index contributed by atoms with van der Waals surface area (Å²) in [7, 11) is 0. The summed E-state index contributed by atoms with van der Waals surface area (Å²) in [6, 6.07) is 2.31. The molecule has 1 saturated heterocycles. The van der Waals surface area contributed by atoms with Gasteiger partial charge in [-0.3, -0.25) is 9.69 Å². The topological polar surface area (TPSA) is 85.7 Å². The number of ether oxygens (including phenoxy) is 1. The lowest BCUT2D eigenvalue weighted by Gasteiger charge is -2.35. The van der Waals surface area contributed by atoms with E-state index in [1.165, 1.54) is 11.3 Å². The Morgan fingerprint density at radius 1 is 1.13 bits per heavy atom. The smallest absolute Gasteiger partial charge is 0.410 e. The van der Waals surface area contributed by atoms with Gasteiger partial charge in [-0.2, -0.15) is 5.26 Å². The second-order valence-corrected chi connectivity index (χ2v) is 10.1. The second kappa shape index (κ2) is 9.80. The maximum atomic E-state index is 12.5. The lowest BCUT2D eigenvalue weighted by molar-refractivity contribution is -0.116. The van der Waals surface area contributed by atoms with Gasteiger partial charge in [0.25, 0.3) is 0 Å². The van der Waals surface area contributed by atoms with Crippen LogP contribution >= 0.6 is 11.3 Å². The number of hydrogen-bond acceptors (Lipinski definition) is 6. The molecule has 0 unspecified atom stereocenters. The molecular formula is C22H32N4O3S. The average molecular weight is 433 g/mol. The van der Waals surface area contributed by atoms with Gasteiger partial charge >= 0.3 is 6.09 Å². The molecule has 0 saturated carbocycles. The third kappa shape index (κ3) is 5.96. The van der Waals surface area contributed by atoms with Crippen LogP contribution in [0.25, 0.3) is 0 Å². The van der Waals surface area contributed by atoms with Crippen LogP contribution in [0.3, 0.4) is 0 Å². The largest absolute Gasteiger partial charge is 0.444 e. The molecule has 0 spiro atoms. The molecule has 1 aliphatic carbocycles. The van der Waals surface area contributed by atoms with E-state index in [1.807, 2.05) is 20.8 Å². The summed E-state index contributed by atoms with van der Waals surface area (Å²) in [6.07, 6.45) is 5.51. The van der Waals surface area contributed by atoms with E-state index in [4.69, 9.17) is 4.74 Å². The lowest BCUT2D eigenvalue weighted by Crippen LogP contribution is -2.50. The first-order chi connectivity index (χ1) is 14.3. The molecule has 8 heteroatoms. The maximum absolute atomic E-state index is 12.5. The van der Waals surface area contributed by atoms with Crippen LogP contribution in [0.5, 0.6) is 0 Å². The van der Waals surface area contributed by atoms with E-state index in [0.717, 1.165) is 44.3 Å². The summed E-state index contributed by atoms with van der Waals surface area (Å²) in [4.78, 5) is 29.8. The van der Waals surface area contributed by atoms with Crippen LogP contribution in [0.2, 0.25) is 0 Å². The van der Waals surface area contributed by atoms with Gasteiger partial charge in [0, 0.05) is 44.0 Å². The molecular weight excluding hydrogens is 400 g/mol. The number of rotatable bonds is 4. The van der Waals surface area contributed by atoms with Crippen molar-refractivity contribution in [2.24, 2.45) is 0 Å². The number of nitrogens with one attached hydrogen (secondary N) is 1. The van der Waals surface area contributed by atoms with E-state index < -0.39 is 5.60 Å². The van der Waals surface area contributed by atoms with E-state index in [-0.39, 0.29) is 12.0 Å². The van der Waals surface area contributed by atoms with Crippen molar-refractivity contribution in [3.05, 3.63) is 16.0 Å². The molecule has 2 aliphatic rings. The molecule has 2 amide bonds. The summed E-state index contributed by atoms with van der Waals surface area (Å²) in [5.41, 5.74) is 1.32. The quantitative estimate of drug-likeness (QED) is 0.732. The predicted molar refractivity (Wildman–Crippen MR) is 118 cm³/mol. The standard InChI is InChI=1S/C22H32N4O3S/c1-22(2,3)29-21(28)26-13-11-25(12-14-26)10-9-19(27)24-20-17(15-23)16-7-5-4-6-8-18(16)30-20/h4-14H2,1-3H3,(H,24,27). The van der Waals surface area contributed by atoms with Crippen molar-refractivity contribution in [1.82, 2.24) is 9.80 Å². The molecule has 164 valence electrons. The van der Waals surface area contributed by atoms with Gasteiger partial charge in [-0.05, 0) is 52.0 Å². The van der Waals surface area contributed by atoms with Crippen molar-refractivity contribution in [2.45, 2.75) is 64.9 Å². The third-order valence-electron chi connectivity index (χ3n) is 5.47. The Hall–Kier alpha value is -2.11. The molecule has 0 aromatic carbocycles. The van der Waals surface area contributed by atoms with Crippen LogP contribution in [0.1, 0.15) is 62.5 Å². The number of fused-ring (bicyclic) bond motifs is 1. The molecule has 1 aliphatic heterocycles. The summed E-state index contributed by atoms with van der Waals surface area (Å²) in [5.74, 6) is -0.0579. The Bertz CT molecular complexity index is 814. The van der Waals surface area contributed by atoms with Crippen molar-refractivity contribution in [2.75, 3.05) is 38.0 Å². The number of carbonyl (C=O) groups excluding carboxylic acids is 2. The fraction of sp³-hybridized carbons (Fsp3) is 0.682. The Kier molecular flexibility index (Phi) is 7.37. The van der Waals surface area contributed by atoms with E-state index in [0.29, 0.717) is 36.6 Å². The zero-order valence-electron chi connectivity index (χ0n) is 18.3. The third-order valence-corrected chi connectivity index (χ3v) is 6.67. The van der Waals surface area contributed by atoms with Crippen LogP contribution in [0.15, 0.2) is 0 Å². The minimum absolute atomic E-state index is 0.0579. The molecule has 0 radical (unpaired) electrons. The number of thiophene rings is 1. The molecule has 1 aromatic rings. The number of piperazine rings is 1. The normalized spacial score (nSPS) is 17.6. The lowest BCUT2D eigenvalue weighted by atomic mass is 10.1. The number of nitriles is 1. The van der Waals surface area contributed by atoms with Crippen molar-refractivity contribution >= 4 is 28.3 Å². The highest BCUT2D eigenvalue weighted by Crippen LogP contribution is 2.37. The van der Waals surface area contributed by atoms with Crippen molar-refractivity contribution in [1.29, 1.82) is 5.26 Å². The molecule has 7 nitrogen and oxygen atoms in total. The van der Waals surface area contributed by atoms with Crippen LogP contribution in [0, 0.1) is 11.3 Å². The molecule has 0 atom stereocenters. The van der Waals surface area contributed by atoms with Crippen molar-refractivity contribution in [3.63, 3.8) is 0 Å². The Morgan fingerprint density at radius 3 is 2.50 bits per heavy atom. The maximum Gasteiger partial charge on any atom is 0.410 e. The summed E-state index contributed by atoms with van der Waals surface area (Å²) in [6.45, 7) is 8.89. The number of aryl methyl sites for hydroxylation is 1. The van der Waals surface area contributed by atoms with Crippen LogP contribution < -0.4 is 5.32 Å². The predicted octanol–water partition coefficient (Wildman–Crippen LogP) is 3.77. The van der Waals surface area contributed by atoms with Gasteiger partial charge in [0.2, 0.25) is 5.91 Å². The number of anilines is 1. The second-order valence-electron chi connectivity index (χ2n) is 8.99. The molecule has 30 heavy (non-hydrogen) atoms. The summed E-state index contributed by atoms with van der Waals surface area (Å²) >= 11 is 1.57. The van der Waals surface area contributed by atoms with Gasteiger partial charge in [-0.1, -0.05) is 6.42 Å². The van der Waals surface area contributed by atoms with Gasteiger partial charge < -0.3 is 15.0 Å². The molecule has 1 N–H and O–H groups in total. The van der Waals surface area contributed by atoms with Crippen LogP contribution in [-0.2, 0) is 22.4 Å². The van der Waals surface area contributed by atoms with Gasteiger partial charge in [0.05, 0.1) is 5.56 Å². The molecule has 1 fully saturated rings. The number of carbonyl (C=O) groups is 2. The average Bonchev–Trinajstić information content (AvgIpc) is 2.84. The monoisotopic (exact) mass is 432 g/mol. The fourth-order valence-corrected chi connectivity index (χ4v) is 5.13. The number of nitrogens with zero attached hydrogens (tertiary/aromatic N) is 3. The summed E-state index contributed by atoms with van der Waals surface area (Å²) in [5, 5.41) is 13.3. The van der Waals surface area contributed by atoms with Gasteiger partial charge in [0.1, 0.15) is 16.7 Å². The number of amides is 2. The van der Waals surface area contributed by atoms with E-state index in [2.05, 4.69) is 16.3 Å². The summed E-state index contributed by atoms with van der Waals surface area (Å²) < 4.78 is 5.42. The van der Waals surface area contributed by atoms with Crippen molar-refractivity contribution < 1.29 is 14.3 Å². The Balaban J connectivity index is 1.46. The highest BCUT2D eigenvalue weighted by atomic mass is 32.1.